The van der Waals surface area contributed by atoms with E-state index in [2.05, 4.69) is 60.5 Å². The second-order valence-corrected chi connectivity index (χ2v) is 17.2. The minimum atomic E-state index is -0.634. The number of carbonyl (C=O) groups excluding carboxylic acids is 5. The number of para-hydroxylation sites is 1. The summed E-state index contributed by atoms with van der Waals surface area (Å²) in [5, 5.41) is 15.8. The number of fused-ring (bicyclic) bond motifs is 1. The Morgan fingerprint density at radius 3 is 2.45 bits per heavy atom. The van der Waals surface area contributed by atoms with Crippen LogP contribution in [-0.2, 0) is 20.9 Å². The van der Waals surface area contributed by atoms with Crippen molar-refractivity contribution in [2.45, 2.75) is 88.4 Å². The first-order chi connectivity index (χ1) is 31.6. The highest BCUT2D eigenvalue weighted by atomic mass is 35.5. The van der Waals surface area contributed by atoms with Crippen molar-refractivity contribution in [1.82, 2.24) is 35.7 Å². The maximum Gasteiger partial charge on any atom is 0.317 e. The summed E-state index contributed by atoms with van der Waals surface area (Å²) in [5.74, 6) is 5.86. The molecule has 1 unspecified atom stereocenters. The molecule has 338 valence electrons. The number of hydrogen-bond acceptors (Lipinski definition) is 11. The monoisotopic (exact) mass is 900 g/mol. The molecule has 0 radical (unpaired) electrons. The fourth-order valence-electron chi connectivity index (χ4n) is 8.92. The Morgan fingerprint density at radius 2 is 1.68 bits per heavy atom. The molecule has 3 aromatic carbocycles. The molecule has 6 amide bonds. The number of amides is 6. The number of halogens is 1. The summed E-state index contributed by atoms with van der Waals surface area (Å²) < 4.78 is 5.82. The van der Waals surface area contributed by atoms with Gasteiger partial charge >= 0.3 is 6.03 Å². The predicted octanol–water partition coefficient (Wildman–Crippen LogP) is 5.73. The molecule has 1 atom stereocenters. The first-order valence-corrected chi connectivity index (χ1v) is 22.6. The Labute approximate surface area is 382 Å². The number of benzene rings is 3. The van der Waals surface area contributed by atoms with Crippen molar-refractivity contribution in [2.75, 3.05) is 43.5 Å². The molecule has 65 heavy (non-hydrogen) atoms. The van der Waals surface area contributed by atoms with Gasteiger partial charge in [-0.25, -0.2) is 9.78 Å². The van der Waals surface area contributed by atoms with Gasteiger partial charge in [0, 0.05) is 67.9 Å². The van der Waals surface area contributed by atoms with Crippen molar-refractivity contribution >= 4 is 64.4 Å². The standard InChI is InChI=1S/C48H53ClN10O6/c49-39-28-52-47(57-44(39)55-40-7-2-1-6-38(40)43(50)61)53-35-11-9-31(10-12-35)32-20-23-58(24-21-32)48(64)54-36-15-13-34(14-16-36)51-22-26-65-25-4-3-5-30-8-17-37-33(27-30)29-59(46(37)63)41-18-19-42(60)56-45(41)62/h1-2,6-12,17,27-28,32,34,36,41,51H,4,13-16,18-26,29H2,(H2,50,61)(H,54,64)(H,56,60,62)(H2,52,53,55,57). The third-order valence-corrected chi connectivity index (χ3v) is 12.7. The average Bonchev–Trinajstić information content (AvgIpc) is 3.63. The SMILES string of the molecule is NC(=O)c1ccccc1Nc1nc(Nc2ccc(C3CCN(C(=O)NC4CCC(NCCOCCC#Cc5ccc6c(c5)CN(C5CCC(=O)NC5=O)C6=O)CC4)CC3)cc2)ncc1Cl. The molecule has 1 aromatic heterocycles. The van der Waals surface area contributed by atoms with Crippen molar-refractivity contribution in [2.24, 2.45) is 5.73 Å². The second kappa shape index (κ2) is 21.0. The van der Waals surface area contributed by atoms with E-state index in [-0.39, 0.29) is 30.3 Å². The number of nitrogens with zero attached hydrogens (tertiary/aromatic N) is 4. The lowest BCUT2D eigenvalue weighted by Gasteiger charge is -2.35. The number of anilines is 4. The molecule has 17 heteroatoms. The van der Waals surface area contributed by atoms with Gasteiger partial charge in [-0.2, -0.15) is 4.98 Å². The van der Waals surface area contributed by atoms with Gasteiger partial charge in [-0.3, -0.25) is 24.5 Å². The molecule has 3 aliphatic heterocycles. The third-order valence-electron chi connectivity index (χ3n) is 12.5. The minimum absolute atomic E-state index is 0.0218. The number of nitrogens with two attached hydrogens (primary N) is 1. The van der Waals surface area contributed by atoms with Gasteiger partial charge in [0.1, 0.15) is 11.1 Å². The summed E-state index contributed by atoms with van der Waals surface area (Å²) in [6, 6.07) is 20.5. The summed E-state index contributed by atoms with van der Waals surface area (Å²) >= 11 is 6.36. The van der Waals surface area contributed by atoms with Crippen molar-refractivity contribution in [1.29, 1.82) is 0 Å². The van der Waals surface area contributed by atoms with E-state index >= 15 is 0 Å². The zero-order valence-electron chi connectivity index (χ0n) is 36.0. The van der Waals surface area contributed by atoms with Crippen LogP contribution in [0, 0.1) is 11.8 Å². The number of piperidine rings is 2. The molecule has 2 saturated heterocycles. The van der Waals surface area contributed by atoms with Crippen LogP contribution in [-0.4, -0.2) is 100 Å². The molecule has 8 rings (SSSR count). The van der Waals surface area contributed by atoms with E-state index in [0.29, 0.717) is 91.3 Å². The fraction of sp³-hybridized carbons (Fsp3) is 0.396. The van der Waals surface area contributed by atoms with Crippen LogP contribution in [0.3, 0.4) is 0 Å². The van der Waals surface area contributed by atoms with E-state index in [0.717, 1.165) is 61.9 Å². The maximum absolute atomic E-state index is 13.2. The van der Waals surface area contributed by atoms with Gasteiger partial charge in [0.25, 0.3) is 11.8 Å². The Morgan fingerprint density at radius 1 is 0.908 bits per heavy atom. The summed E-state index contributed by atoms with van der Waals surface area (Å²) in [4.78, 5) is 74.2. The molecule has 7 N–H and O–H groups in total. The van der Waals surface area contributed by atoms with Crippen LogP contribution in [0.15, 0.2) is 72.9 Å². The molecule has 4 aliphatic rings. The number of urea groups is 1. The van der Waals surface area contributed by atoms with Crippen LogP contribution >= 0.6 is 11.6 Å². The first-order valence-electron chi connectivity index (χ1n) is 22.3. The average molecular weight is 901 g/mol. The number of aromatic nitrogens is 2. The van der Waals surface area contributed by atoms with Crippen molar-refractivity contribution in [3.05, 3.63) is 106 Å². The zero-order valence-corrected chi connectivity index (χ0v) is 36.8. The van der Waals surface area contributed by atoms with Gasteiger partial charge in [-0.1, -0.05) is 47.7 Å². The lowest BCUT2D eigenvalue weighted by molar-refractivity contribution is -0.136. The van der Waals surface area contributed by atoms with Gasteiger partial charge in [-0.05, 0) is 104 Å². The molecule has 4 heterocycles. The van der Waals surface area contributed by atoms with Crippen LogP contribution < -0.4 is 32.3 Å². The first kappa shape index (κ1) is 45.0. The van der Waals surface area contributed by atoms with Crippen LogP contribution in [0.5, 0.6) is 0 Å². The van der Waals surface area contributed by atoms with Gasteiger partial charge in [-0.15, -0.1) is 0 Å². The maximum atomic E-state index is 13.2. The Balaban J connectivity index is 0.685. The highest BCUT2D eigenvalue weighted by Crippen LogP contribution is 2.32. The number of likely N-dealkylation sites (tertiary alicyclic amines) is 1. The molecule has 1 saturated carbocycles. The Kier molecular flexibility index (Phi) is 14.5. The quantitative estimate of drug-likeness (QED) is 0.0512. The minimum Gasteiger partial charge on any atom is -0.379 e. The Hall–Kier alpha value is -6.54. The number of imide groups is 1. The topological polar surface area (TPSA) is 213 Å². The van der Waals surface area contributed by atoms with Crippen molar-refractivity contribution < 1.29 is 28.7 Å². The van der Waals surface area contributed by atoms with E-state index in [1.54, 1.807) is 30.3 Å². The smallest absolute Gasteiger partial charge is 0.317 e. The summed E-state index contributed by atoms with van der Waals surface area (Å²) in [5.41, 5.74) is 10.6. The molecular weight excluding hydrogens is 848 g/mol. The Bertz CT molecular complexity index is 2480. The zero-order chi connectivity index (χ0) is 45.3. The molecule has 16 nitrogen and oxygen atoms in total. The number of primary amides is 1. The van der Waals surface area contributed by atoms with Crippen molar-refractivity contribution in [3.8, 4) is 11.8 Å². The largest absolute Gasteiger partial charge is 0.379 e. The highest BCUT2D eigenvalue weighted by Gasteiger charge is 2.39. The lowest BCUT2D eigenvalue weighted by atomic mass is 9.89. The molecule has 1 aliphatic carbocycles. The molecule has 3 fully saturated rings. The van der Waals surface area contributed by atoms with E-state index in [4.69, 9.17) is 22.1 Å². The normalized spacial score (nSPS) is 19.8. The number of nitrogens with one attached hydrogen (secondary N) is 5. The predicted molar refractivity (Wildman–Crippen MR) is 246 cm³/mol. The second-order valence-electron chi connectivity index (χ2n) is 16.8. The van der Waals surface area contributed by atoms with E-state index in [9.17, 15) is 24.0 Å². The van der Waals surface area contributed by atoms with Crippen molar-refractivity contribution in [3.63, 3.8) is 0 Å². The highest BCUT2D eigenvalue weighted by molar-refractivity contribution is 6.33. The fourth-order valence-corrected chi connectivity index (χ4v) is 9.06. The summed E-state index contributed by atoms with van der Waals surface area (Å²) in [6.07, 6.45) is 8.26. The van der Waals surface area contributed by atoms with Crippen LogP contribution in [0.4, 0.5) is 27.9 Å². The van der Waals surface area contributed by atoms with Crippen LogP contribution in [0.2, 0.25) is 5.02 Å². The summed E-state index contributed by atoms with van der Waals surface area (Å²) in [7, 11) is 0. The van der Waals surface area contributed by atoms with E-state index in [1.807, 2.05) is 29.2 Å². The van der Waals surface area contributed by atoms with Gasteiger partial charge in [0.05, 0.1) is 30.7 Å². The summed E-state index contributed by atoms with van der Waals surface area (Å²) in [6.45, 7) is 3.58. The molecule has 4 aromatic rings. The molecule has 0 bridgehead atoms. The number of rotatable bonds is 14. The lowest BCUT2D eigenvalue weighted by Crippen LogP contribution is -2.52. The number of ether oxygens (including phenoxy) is 1. The number of hydrogen-bond donors (Lipinski definition) is 6. The molecule has 0 spiro atoms. The third kappa shape index (κ3) is 11.4. The molecular formula is C48H53ClN10O6. The van der Waals surface area contributed by atoms with E-state index in [1.165, 1.54) is 16.7 Å². The van der Waals surface area contributed by atoms with Gasteiger partial charge in [0.2, 0.25) is 17.8 Å². The van der Waals surface area contributed by atoms with Crippen LogP contribution in [0.1, 0.15) is 101 Å². The van der Waals surface area contributed by atoms with Gasteiger partial charge in [0.15, 0.2) is 5.82 Å². The number of carbonyl (C=O) groups is 5. The van der Waals surface area contributed by atoms with Gasteiger partial charge < -0.3 is 41.5 Å². The van der Waals surface area contributed by atoms with Crippen LogP contribution in [0.25, 0.3) is 0 Å². The van der Waals surface area contributed by atoms with E-state index < -0.39 is 17.9 Å².